The number of thiophene rings is 1. The van der Waals surface area contributed by atoms with Crippen molar-refractivity contribution >= 4 is 28.9 Å². The Morgan fingerprint density at radius 2 is 1.84 bits per heavy atom. The molecule has 3 heterocycles. The summed E-state index contributed by atoms with van der Waals surface area (Å²) in [7, 11) is 0. The van der Waals surface area contributed by atoms with Crippen LogP contribution >= 0.6 is 22.9 Å². The van der Waals surface area contributed by atoms with Crippen molar-refractivity contribution in [2.45, 2.75) is 13.1 Å². The predicted molar refractivity (Wildman–Crippen MR) is 111 cm³/mol. The molecule has 0 atom stereocenters. The van der Waals surface area contributed by atoms with Crippen LogP contribution in [0.15, 0.2) is 60.9 Å². The highest BCUT2D eigenvalue weighted by molar-refractivity contribution is 7.18. The fourth-order valence-electron chi connectivity index (χ4n) is 2.91. The molecule has 0 fully saturated rings. The van der Waals surface area contributed by atoms with E-state index in [-0.39, 0.29) is 16.5 Å². The van der Waals surface area contributed by atoms with Crippen molar-refractivity contribution in [1.82, 2.24) is 14.8 Å². The zero-order chi connectivity index (χ0) is 22.2. The maximum absolute atomic E-state index is 13.4. The summed E-state index contributed by atoms with van der Waals surface area (Å²) < 4.78 is 46.4. The van der Waals surface area contributed by atoms with Crippen molar-refractivity contribution in [3.8, 4) is 32.4 Å². The van der Waals surface area contributed by atoms with E-state index in [1.54, 1.807) is 48.7 Å². The van der Waals surface area contributed by atoms with Crippen LogP contribution in [0.2, 0.25) is 5.02 Å². The quantitative estimate of drug-likeness (QED) is 0.335. The lowest BCUT2D eigenvalue weighted by Gasteiger charge is -2.08. The van der Waals surface area contributed by atoms with Gasteiger partial charge in [0.1, 0.15) is 5.75 Å². The third-order valence-corrected chi connectivity index (χ3v) is 5.67. The van der Waals surface area contributed by atoms with E-state index in [1.165, 1.54) is 29.1 Å². The molecule has 0 N–H and O–H groups in total. The first-order valence-electron chi connectivity index (χ1n) is 8.88. The van der Waals surface area contributed by atoms with Crippen molar-refractivity contribution in [3.05, 3.63) is 71.6 Å². The van der Waals surface area contributed by atoms with Crippen LogP contribution in [-0.4, -0.2) is 20.7 Å². The Labute approximate surface area is 183 Å². The van der Waals surface area contributed by atoms with Crippen molar-refractivity contribution in [2.24, 2.45) is 0 Å². The minimum absolute atomic E-state index is 0.251. The number of pyridine rings is 1. The molecule has 0 radical (unpaired) electrons. The molecule has 158 valence electrons. The summed E-state index contributed by atoms with van der Waals surface area (Å²) in [6.07, 6.45) is -1.62. The van der Waals surface area contributed by atoms with Gasteiger partial charge in [-0.1, -0.05) is 23.7 Å². The summed E-state index contributed by atoms with van der Waals surface area (Å²) in [4.78, 5) is 16.5. The molecule has 0 amide bonds. The number of rotatable bonds is 4. The van der Waals surface area contributed by atoms with Crippen LogP contribution < -0.4 is 4.74 Å². The molecular formula is C21H13ClF3N3O2S. The molecule has 0 bridgehead atoms. The van der Waals surface area contributed by atoms with Gasteiger partial charge >= 0.3 is 12.1 Å². The summed E-state index contributed by atoms with van der Waals surface area (Å²) >= 11 is 7.47. The van der Waals surface area contributed by atoms with E-state index in [1.807, 2.05) is 0 Å². The number of hydrogen-bond donors (Lipinski definition) is 0. The Kier molecular flexibility index (Phi) is 5.55. The maximum atomic E-state index is 13.4. The van der Waals surface area contributed by atoms with Crippen LogP contribution in [0.5, 0.6) is 5.75 Å². The summed E-state index contributed by atoms with van der Waals surface area (Å²) in [5.74, 6) is -0.199. The molecule has 5 nitrogen and oxygen atoms in total. The molecule has 1 aromatic carbocycles. The molecule has 0 spiro atoms. The van der Waals surface area contributed by atoms with Crippen LogP contribution in [0.25, 0.3) is 26.7 Å². The number of halogens is 4. The number of alkyl halides is 3. The fourth-order valence-corrected chi connectivity index (χ4v) is 4.11. The third-order valence-electron chi connectivity index (χ3n) is 4.20. The zero-order valence-electron chi connectivity index (χ0n) is 15.9. The summed E-state index contributed by atoms with van der Waals surface area (Å²) in [6.45, 7) is 1.28. The number of esters is 1. The molecule has 4 rings (SSSR count). The van der Waals surface area contributed by atoms with Gasteiger partial charge in [-0.15, -0.1) is 11.3 Å². The predicted octanol–water partition coefficient (Wildman–Crippen LogP) is 6.26. The number of ether oxygens (including phenoxy) is 1. The van der Waals surface area contributed by atoms with Gasteiger partial charge in [-0.2, -0.15) is 18.3 Å². The highest BCUT2D eigenvalue weighted by Crippen LogP contribution is 2.39. The Morgan fingerprint density at radius 1 is 1.10 bits per heavy atom. The van der Waals surface area contributed by atoms with Crippen molar-refractivity contribution in [2.75, 3.05) is 0 Å². The van der Waals surface area contributed by atoms with Gasteiger partial charge in [0.15, 0.2) is 5.69 Å². The van der Waals surface area contributed by atoms with Gasteiger partial charge in [0.2, 0.25) is 0 Å². The van der Waals surface area contributed by atoms with Gasteiger partial charge in [-0.25, -0.2) is 4.68 Å². The number of carbonyl (C=O) groups is 1. The largest absolute Gasteiger partial charge is 0.435 e. The van der Waals surface area contributed by atoms with Crippen molar-refractivity contribution in [3.63, 3.8) is 0 Å². The number of benzene rings is 1. The zero-order valence-corrected chi connectivity index (χ0v) is 17.4. The molecule has 0 unspecified atom stereocenters. The second-order valence-corrected chi connectivity index (χ2v) is 7.93. The first-order chi connectivity index (χ1) is 14.7. The molecule has 0 saturated carbocycles. The van der Waals surface area contributed by atoms with Crippen LogP contribution in [0, 0.1) is 0 Å². The average Bonchev–Trinajstić information content (AvgIpc) is 3.35. The smallest absolute Gasteiger partial charge is 0.425 e. The molecule has 4 aromatic rings. The molecule has 0 aliphatic carbocycles. The standard InChI is InChI=1S/C21H13ClF3N3O2S/c1-12(29)30-14-8-13(10-26-11-14)18-6-7-19(31-18)17-9-20(21(23,24)25)27-28(17)16-5-3-2-4-15(16)22/h2-11H,1H3. The summed E-state index contributed by atoms with van der Waals surface area (Å²) in [6, 6.07) is 12.6. The molecule has 10 heteroatoms. The molecular weight excluding hydrogens is 451 g/mol. The number of hydrogen-bond acceptors (Lipinski definition) is 5. The van der Waals surface area contributed by atoms with Gasteiger partial charge < -0.3 is 4.74 Å². The second kappa shape index (κ2) is 8.16. The van der Waals surface area contributed by atoms with E-state index in [9.17, 15) is 18.0 Å². The molecule has 0 aliphatic heterocycles. The summed E-state index contributed by atoms with van der Waals surface area (Å²) in [5.41, 5.74) is 0.231. The lowest BCUT2D eigenvalue weighted by molar-refractivity contribution is -0.141. The average molecular weight is 464 g/mol. The molecule has 0 aliphatic rings. The third kappa shape index (κ3) is 4.47. The van der Waals surface area contributed by atoms with E-state index in [0.717, 1.165) is 10.9 Å². The SMILES string of the molecule is CC(=O)Oc1cncc(-c2ccc(-c3cc(C(F)(F)F)nn3-c3ccccc3Cl)s2)c1. The van der Waals surface area contributed by atoms with Crippen molar-refractivity contribution < 1.29 is 22.7 Å². The molecule has 31 heavy (non-hydrogen) atoms. The lowest BCUT2D eigenvalue weighted by atomic mass is 10.2. The number of para-hydroxylation sites is 1. The lowest BCUT2D eigenvalue weighted by Crippen LogP contribution is -2.07. The molecule has 0 saturated heterocycles. The number of nitrogens with zero attached hydrogens (tertiary/aromatic N) is 3. The Hall–Kier alpha value is -3.17. The van der Waals surface area contributed by atoms with Gasteiger partial charge in [0.25, 0.3) is 0 Å². The van der Waals surface area contributed by atoms with Crippen LogP contribution in [0.1, 0.15) is 12.6 Å². The first kappa shape index (κ1) is 21.1. The van der Waals surface area contributed by atoms with Gasteiger partial charge in [0.05, 0.1) is 27.5 Å². The van der Waals surface area contributed by atoms with E-state index in [4.69, 9.17) is 16.3 Å². The van der Waals surface area contributed by atoms with Gasteiger partial charge in [-0.3, -0.25) is 9.78 Å². The fraction of sp³-hybridized carbons (Fsp3) is 0.0952. The van der Waals surface area contributed by atoms with Crippen LogP contribution in [-0.2, 0) is 11.0 Å². The number of carbonyl (C=O) groups excluding carboxylic acids is 1. The summed E-state index contributed by atoms with van der Waals surface area (Å²) in [5, 5.41) is 4.04. The van der Waals surface area contributed by atoms with E-state index < -0.39 is 17.8 Å². The van der Waals surface area contributed by atoms with E-state index in [0.29, 0.717) is 16.1 Å². The Morgan fingerprint density at radius 3 is 2.55 bits per heavy atom. The Bertz CT molecular complexity index is 1270. The van der Waals surface area contributed by atoms with Gasteiger partial charge in [-0.05, 0) is 36.4 Å². The highest BCUT2D eigenvalue weighted by Gasteiger charge is 2.35. The highest BCUT2D eigenvalue weighted by atomic mass is 35.5. The maximum Gasteiger partial charge on any atom is 0.435 e. The van der Waals surface area contributed by atoms with Crippen molar-refractivity contribution in [1.29, 1.82) is 0 Å². The van der Waals surface area contributed by atoms with E-state index >= 15 is 0 Å². The minimum atomic E-state index is -4.61. The number of aromatic nitrogens is 3. The van der Waals surface area contributed by atoms with E-state index in [2.05, 4.69) is 10.1 Å². The first-order valence-corrected chi connectivity index (χ1v) is 10.1. The minimum Gasteiger partial charge on any atom is -0.425 e. The second-order valence-electron chi connectivity index (χ2n) is 6.44. The molecule has 3 aromatic heterocycles. The normalized spacial score (nSPS) is 11.5. The van der Waals surface area contributed by atoms with Crippen LogP contribution in [0.3, 0.4) is 0 Å². The Balaban J connectivity index is 1.79. The monoisotopic (exact) mass is 463 g/mol. The van der Waals surface area contributed by atoms with Crippen LogP contribution in [0.4, 0.5) is 13.2 Å². The topological polar surface area (TPSA) is 57.0 Å². The van der Waals surface area contributed by atoms with Gasteiger partial charge in [0, 0.05) is 23.6 Å².